The second-order valence-electron chi connectivity index (χ2n) is 7.21. The van der Waals surface area contributed by atoms with Crippen molar-refractivity contribution in [2.75, 3.05) is 25.6 Å². The van der Waals surface area contributed by atoms with Gasteiger partial charge < -0.3 is 19.5 Å². The molecule has 0 aromatic heterocycles. The van der Waals surface area contributed by atoms with Gasteiger partial charge in [0.05, 0.1) is 18.6 Å². The molecule has 3 aromatic rings. The number of benzene rings is 3. The molecule has 0 fully saturated rings. The fourth-order valence-corrected chi connectivity index (χ4v) is 3.13. The summed E-state index contributed by atoms with van der Waals surface area (Å²) in [6.07, 6.45) is 2.94. The van der Waals surface area contributed by atoms with Gasteiger partial charge in [-0.3, -0.25) is 14.9 Å². The topological polar surface area (TPSA) is 117 Å². The highest BCUT2D eigenvalue weighted by molar-refractivity contribution is 5.92. The summed E-state index contributed by atoms with van der Waals surface area (Å²) in [4.78, 5) is 34.6. The number of nitrogens with one attached hydrogen (secondary N) is 1. The van der Waals surface area contributed by atoms with Crippen LogP contribution in [0.25, 0.3) is 17.2 Å². The van der Waals surface area contributed by atoms with Gasteiger partial charge in [0.25, 0.3) is 11.6 Å². The maximum absolute atomic E-state index is 12.4. The molecule has 0 bridgehead atoms. The first-order valence-electron chi connectivity index (χ1n) is 10.7. The molecule has 0 spiro atoms. The first-order chi connectivity index (χ1) is 16.9. The molecule has 3 rings (SSSR count). The van der Waals surface area contributed by atoms with E-state index in [1.54, 1.807) is 68.6 Å². The standard InChI is InChI=1S/C26H24N2O7/c1-3-34-26(30)15-6-18-4-9-20(10-5-18)27-25(29)17-35-24-14-11-21(28(31)32)16-23(24)19-7-12-22(33-2)13-8-19/h4-16H,3,17H2,1-2H3,(H,27,29)/b15-6+. The van der Waals surface area contributed by atoms with Crippen molar-refractivity contribution >= 4 is 29.3 Å². The number of rotatable bonds is 10. The Hall–Kier alpha value is -4.66. The average Bonchev–Trinajstić information content (AvgIpc) is 2.87. The number of anilines is 1. The number of methoxy groups -OCH3 is 1. The normalized spacial score (nSPS) is 10.6. The highest BCUT2D eigenvalue weighted by atomic mass is 16.6. The number of nitro groups is 1. The Labute approximate surface area is 202 Å². The van der Waals surface area contributed by atoms with Crippen LogP contribution in [0, 0.1) is 10.1 Å². The van der Waals surface area contributed by atoms with Gasteiger partial charge in [-0.05, 0) is 54.5 Å². The van der Waals surface area contributed by atoms with Gasteiger partial charge in [0, 0.05) is 29.5 Å². The fraction of sp³-hybridized carbons (Fsp3) is 0.154. The van der Waals surface area contributed by atoms with Crippen molar-refractivity contribution < 1.29 is 28.7 Å². The van der Waals surface area contributed by atoms with Crippen LogP contribution < -0.4 is 14.8 Å². The van der Waals surface area contributed by atoms with Crippen LogP contribution in [0.4, 0.5) is 11.4 Å². The Morgan fingerprint density at radius 1 is 1.03 bits per heavy atom. The molecule has 0 aliphatic carbocycles. The van der Waals surface area contributed by atoms with Crippen LogP contribution in [-0.4, -0.2) is 37.1 Å². The summed E-state index contributed by atoms with van der Waals surface area (Å²) in [5, 5.41) is 14.0. The van der Waals surface area contributed by atoms with Crippen LogP contribution in [0.1, 0.15) is 12.5 Å². The molecule has 0 saturated heterocycles. The van der Waals surface area contributed by atoms with E-state index in [0.717, 1.165) is 5.56 Å². The molecule has 0 heterocycles. The van der Waals surface area contributed by atoms with Crippen molar-refractivity contribution in [2.45, 2.75) is 6.92 Å². The molecule has 1 amide bonds. The largest absolute Gasteiger partial charge is 0.497 e. The summed E-state index contributed by atoms with van der Waals surface area (Å²) < 4.78 is 15.7. The highest BCUT2D eigenvalue weighted by Gasteiger charge is 2.15. The van der Waals surface area contributed by atoms with Crippen molar-refractivity contribution in [3.05, 3.63) is 88.5 Å². The van der Waals surface area contributed by atoms with E-state index in [2.05, 4.69) is 5.32 Å². The lowest BCUT2D eigenvalue weighted by Gasteiger charge is -2.12. The van der Waals surface area contributed by atoms with Crippen LogP contribution in [0.3, 0.4) is 0 Å². The Morgan fingerprint density at radius 2 is 1.74 bits per heavy atom. The minimum atomic E-state index is -0.491. The van der Waals surface area contributed by atoms with Crippen LogP contribution in [0.5, 0.6) is 11.5 Å². The molecular formula is C26H24N2O7. The average molecular weight is 476 g/mol. The van der Waals surface area contributed by atoms with E-state index in [-0.39, 0.29) is 12.3 Å². The Morgan fingerprint density at radius 3 is 2.37 bits per heavy atom. The van der Waals surface area contributed by atoms with Crippen molar-refractivity contribution in [2.24, 2.45) is 0 Å². The summed E-state index contributed by atoms with van der Waals surface area (Å²) in [5.41, 5.74) is 2.38. The number of non-ortho nitro benzene ring substituents is 1. The number of hydrogen-bond acceptors (Lipinski definition) is 7. The zero-order valence-electron chi connectivity index (χ0n) is 19.2. The molecule has 0 aliphatic rings. The van der Waals surface area contributed by atoms with E-state index >= 15 is 0 Å². The number of amides is 1. The van der Waals surface area contributed by atoms with Crippen molar-refractivity contribution in [1.82, 2.24) is 0 Å². The molecule has 9 nitrogen and oxygen atoms in total. The van der Waals surface area contributed by atoms with Gasteiger partial charge in [-0.2, -0.15) is 0 Å². The third-order valence-electron chi connectivity index (χ3n) is 4.83. The monoisotopic (exact) mass is 476 g/mol. The molecule has 0 atom stereocenters. The SMILES string of the molecule is CCOC(=O)/C=C/c1ccc(NC(=O)COc2ccc([N+](=O)[O-])cc2-c2ccc(OC)cc2)cc1. The molecule has 1 N–H and O–H groups in total. The fourth-order valence-electron chi connectivity index (χ4n) is 3.13. The summed E-state index contributed by atoms with van der Waals surface area (Å²) in [7, 11) is 1.54. The van der Waals surface area contributed by atoms with Crippen LogP contribution in [0.15, 0.2) is 72.8 Å². The molecule has 0 aliphatic heterocycles. The predicted molar refractivity (Wildman–Crippen MR) is 131 cm³/mol. The number of carbonyl (C=O) groups is 2. The molecule has 35 heavy (non-hydrogen) atoms. The molecule has 0 saturated carbocycles. The van der Waals surface area contributed by atoms with E-state index in [9.17, 15) is 19.7 Å². The third-order valence-corrected chi connectivity index (χ3v) is 4.83. The van der Waals surface area contributed by atoms with Gasteiger partial charge in [0.2, 0.25) is 0 Å². The van der Waals surface area contributed by atoms with Gasteiger partial charge in [-0.1, -0.05) is 24.3 Å². The summed E-state index contributed by atoms with van der Waals surface area (Å²) in [5.74, 6) is 0.139. The van der Waals surface area contributed by atoms with Crippen molar-refractivity contribution in [3.8, 4) is 22.6 Å². The second kappa shape index (κ2) is 12.0. The number of hydrogen-bond donors (Lipinski definition) is 1. The number of ether oxygens (including phenoxy) is 3. The lowest BCUT2D eigenvalue weighted by atomic mass is 10.0. The van der Waals surface area contributed by atoms with Crippen LogP contribution in [0.2, 0.25) is 0 Å². The zero-order chi connectivity index (χ0) is 25.2. The van der Waals surface area contributed by atoms with Crippen molar-refractivity contribution in [3.63, 3.8) is 0 Å². The zero-order valence-corrected chi connectivity index (χ0v) is 19.2. The quantitative estimate of drug-likeness (QED) is 0.192. The predicted octanol–water partition coefficient (Wildman–Crippen LogP) is 4.86. The lowest BCUT2D eigenvalue weighted by molar-refractivity contribution is -0.384. The first-order valence-corrected chi connectivity index (χ1v) is 10.7. The van der Waals surface area contributed by atoms with E-state index in [0.29, 0.717) is 34.9 Å². The van der Waals surface area contributed by atoms with Gasteiger partial charge in [-0.15, -0.1) is 0 Å². The van der Waals surface area contributed by atoms with Gasteiger partial charge >= 0.3 is 5.97 Å². The Bertz CT molecular complexity index is 1220. The third kappa shape index (κ3) is 7.16. The second-order valence-corrected chi connectivity index (χ2v) is 7.21. The number of nitrogens with zero attached hydrogens (tertiary/aromatic N) is 1. The summed E-state index contributed by atoms with van der Waals surface area (Å²) in [6, 6.07) is 18.0. The van der Waals surface area contributed by atoms with E-state index in [1.807, 2.05) is 0 Å². The molecule has 0 unspecified atom stereocenters. The molecule has 3 aromatic carbocycles. The molecular weight excluding hydrogens is 452 g/mol. The maximum atomic E-state index is 12.4. The number of esters is 1. The Balaban J connectivity index is 1.67. The number of nitro benzene ring substituents is 1. The minimum absolute atomic E-state index is 0.0929. The van der Waals surface area contributed by atoms with E-state index in [4.69, 9.17) is 14.2 Å². The number of carbonyl (C=O) groups excluding carboxylic acids is 2. The Kier molecular flexibility index (Phi) is 8.55. The molecule has 9 heteroatoms. The highest BCUT2D eigenvalue weighted by Crippen LogP contribution is 2.34. The van der Waals surface area contributed by atoms with Gasteiger partial charge in [-0.25, -0.2) is 4.79 Å². The van der Waals surface area contributed by atoms with Crippen molar-refractivity contribution in [1.29, 1.82) is 0 Å². The van der Waals surface area contributed by atoms with Crippen LogP contribution in [-0.2, 0) is 14.3 Å². The van der Waals surface area contributed by atoms with Crippen LogP contribution >= 0.6 is 0 Å². The minimum Gasteiger partial charge on any atom is -0.497 e. The summed E-state index contributed by atoms with van der Waals surface area (Å²) in [6.45, 7) is 1.73. The molecule has 180 valence electrons. The smallest absolute Gasteiger partial charge is 0.330 e. The van der Waals surface area contributed by atoms with E-state index < -0.39 is 16.8 Å². The van der Waals surface area contributed by atoms with Gasteiger partial charge in [0.15, 0.2) is 6.61 Å². The van der Waals surface area contributed by atoms with Gasteiger partial charge in [0.1, 0.15) is 11.5 Å². The first kappa shape index (κ1) is 25.0. The van der Waals surface area contributed by atoms with E-state index in [1.165, 1.54) is 24.3 Å². The molecule has 0 radical (unpaired) electrons. The lowest BCUT2D eigenvalue weighted by Crippen LogP contribution is -2.20. The summed E-state index contributed by atoms with van der Waals surface area (Å²) >= 11 is 0. The maximum Gasteiger partial charge on any atom is 0.330 e.